The summed E-state index contributed by atoms with van der Waals surface area (Å²) < 4.78 is 76.4. The quantitative estimate of drug-likeness (QED) is 0.811. The zero-order valence-electron chi connectivity index (χ0n) is 11.1. The van der Waals surface area contributed by atoms with Crippen LogP contribution in [0.4, 0.5) is 26.3 Å². The first-order chi connectivity index (χ1) is 9.59. The molecule has 0 aliphatic rings. The molecule has 0 saturated heterocycles. The van der Waals surface area contributed by atoms with Crippen molar-refractivity contribution in [3.8, 4) is 0 Å². The molecule has 0 aromatic heterocycles. The molecule has 2 N–H and O–H groups in total. The molecule has 21 heavy (non-hydrogen) atoms. The maximum atomic E-state index is 12.7. The van der Waals surface area contributed by atoms with Crippen molar-refractivity contribution in [3.05, 3.63) is 34.9 Å². The molecule has 1 aromatic carbocycles. The van der Waals surface area contributed by atoms with E-state index in [0.29, 0.717) is 18.7 Å². The zero-order chi connectivity index (χ0) is 16.3. The summed E-state index contributed by atoms with van der Waals surface area (Å²) >= 11 is 0. The Morgan fingerprint density at radius 1 is 1.00 bits per heavy atom. The van der Waals surface area contributed by atoms with E-state index in [9.17, 15) is 26.3 Å². The number of benzene rings is 1. The minimum Gasteiger partial charge on any atom is -0.396 e. The van der Waals surface area contributed by atoms with Gasteiger partial charge in [0.25, 0.3) is 0 Å². The second-order valence-corrected chi connectivity index (χ2v) is 4.46. The number of halogens is 6. The molecule has 1 atom stereocenters. The summed E-state index contributed by atoms with van der Waals surface area (Å²) in [6.07, 6.45) is -9.72. The van der Waals surface area contributed by atoms with Crippen LogP contribution in [0.1, 0.15) is 36.1 Å². The molecule has 0 aliphatic heterocycles. The van der Waals surface area contributed by atoms with E-state index in [1.54, 1.807) is 6.92 Å². The van der Waals surface area contributed by atoms with Crippen LogP contribution >= 0.6 is 0 Å². The van der Waals surface area contributed by atoms with Crippen LogP contribution in [0.5, 0.6) is 0 Å². The van der Waals surface area contributed by atoms with Gasteiger partial charge in [-0.15, -0.1) is 0 Å². The van der Waals surface area contributed by atoms with Gasteiger partial charge in [-0.2, -0.15) is 26.3 Å². The maximum absolute atomic E-state index is 12.7. The summed E-state index contributed by atoms with van der Waals surface area (Å²) in [7, 11) is 0. The number of aliphatic hydroxyl groups excluding tert-OH is 1. The molecule has 0 heterocycles. The summed E-state index contributed by atoms with van der Waals surface area (Å²) in [6.45, 7) is 1.67. The van der Waals surface area contributed by atoms with Crippen LogP contribution in [0.15, 0.2) is 18.2 Å². The van der Waals surface area contributed by atoms with Gasteiger partial charge in [-0.3, -0.25) is 0 Å². The number of hydrogen-bond donors (Lipinski definition) is 2. The molecular formula is C13H15F6NO. The van der Waals surface area contributed by atoms with E-state index in [1.807, 2.05) is 0 Å². The zero-order valence-corrected chi connectivity index (χ0v) is 11.1. The summed E-state index contributed by atoms with van der Waals surface area (Å²) in [6, 6.07) is 0.672. The van der Waals surface area contributed by atoms with Crippen LogP contribution in [0, 0.1) is 0 Å². The van der Waals surface area contributed by atoms with Gasteiger partial charge in [-0.1, -0.05) is 6.92 Å². The van der Waals surface area contributed by atoms with Gasteiger partial charge in [0.2, 0.25) is 0 Å². The third-order valence-corrected chi connectivity index (χ3v) is 2.88. The van der Waals surface area contributed by atoms with E-state index in [-0.39, 0.29) is 24.7 Å². The molecular weight excluding hydrogens is 300 g/mol. The standard InChI is InChI=1S/C13H15F6NO/c1-2-20-11(3-4-21)8-5-9(12(14,15)16)7-10(6-8)13(17,18)19/h5-7,11,20-21H,2-4H2,1H3. The highest BCUT2D eigenvalue weighted by atomic mass is 19.4. The van der Waals surface area contributed by atoms with Gasteiger partial charge in [0.05, 0.1) is 11.1 Å². The molecule has 0 spiro atoms. The Labute approximate surface area is 117 Å². The van der Waals surface area contributed by atoms with Gasteiger partial charge < -0.3 is 10.4 Å². The van der Waals surface area contributed by atoms with Gasteiger partial charge in [-0.05, 0) is 36.7 Å². The number of rotatable bonds is 5. The van der Waals surface area contributed by atoms with Gasteiger partial charge in [0.1, 0.15) is 0 Å². The fraction of sp³-hybridized carbons (Fsp3) is 0.538. The third kappa shape index (κ3) is 4.89. The highest BCUT2D eigenvalue weighted by Gasteiger charge is 2.37. The predicted octanol–water partition coefficient (Wildman–Crippen LogP) is 3.76. The Morgan fingerprint density at radius 2 is 1.48 bits per heavy atom. The largest absolute Gasteiger partial charge is 0.416 e. The Balaban J connectivity index is 3.36. The van der Waals surface area contributed by atoms with E-state index < -0.39 is 29.5 Å². The molecule has 2 nitrogen and oxygen atoms in total. The Hall–Kier alpha value is -1.28. The molecule has 1 rings (SSSR count). The molecule has 0 aliphatic carbocycles. The molecule has 0 bridgehead atoms. The van der Waals surface area contributed by atoms with Crippen LogP contribution in [-0.4, -0.2) is 18.3 Å². The Morgan fingerprint density at radius 3 is 1.81 bits per heavy atom. The Kier molecular flexibility index (Phi) is 5.63. The highest BCUT2D eigenvalue weighted by Crippen LogP contribution is 2.37. The van der Waals surface area contributed by atoms with Crippen LogP contribution in [0.3, 0.4) is 0 Å². The van der Waals surface area contributed by atoms with Crippen molar-refractivity contribution in [3.63, 3.8) is 0 Å². The normalized spacial score (nSPS) is 14.3. The average Bonchev–Trinajstić information content (AvgIpc) is 2.36. The topological polar surface area (TPSA) is 32.3 Å². The molecule has 120 valence electrons. The second-order valence-electron chi connectivity index (χ2n) is 4.46. The minimum atomic E-state index is -4.87. The molecule has 1 unspecified atom stereocenters. The van der Waals surface area contributed by atoms with Crippen molar-refractivity contribution in [1.82, 2.24) is 5.32 Å². The van der Waals surface area contributed by atoms with Gasteiger partial charge in [0.15, 0.2) is 0 Å². The van der Waals surface area contributed by atoms with Crippen LogP contribution in [0.25, 0.3) is 0 Å². The van der Waals surface area contributed by atoms with Crippen molar-refractivity contribution in [2.24, 2.45) is 0 Å². The van der Waals surface area contributed by atoms with Crippen molar-refractivity contribution >= 4 is 0 Å². The van der Waals surface area contributed by atoms with E-state index in [4.69, 9.17) is 5.11 Å². The van der Waals surface area contributed by atoms with Gasteiger partial charge >= 0.3 is 12.4 Å². The number of nitrogens with one attached hydrogen (secondary N) is 1. The lowest BCUT2D eigenvalue weighted by Crippen LogP contribution is -2.23. The second kappa shape index (κ2) is 6.65. The lowest BCUT2D eigenvalue weighted by Gasteiger charge is -2.21. The highest BCUT2D eigenvalue weighted by molar-refractivity contribution is 5.35. The monoisotopic (exact) mass is 315 g/mol. The summed E-state index contributed by atoms with van der Waals surface area (Å²) in [4.78, 5) is 0. The van der Waals surface area contributed by atoms with E-state index in [0.717, 1.165) is 0 Å². The molecule has 0 saturated carbocycles. The maximum Gasteiger partial charge on any atom is 0.416 e. The summed E-state index contributed by atoms with van der Waals surface area (Å²) in [5, 5.41) is 11.7. The lowest BCUT2D eigenvalue weighted by molar-refractivity contribution is -0.143. The fourth-order valence-electron chi connectivity index (χ4n) is 1.94. The number of aliphatic hydroxyl groups is 1. The van der Waals surface area contributed by atoms with Crippen LogP contribution in [-0.2, 0) is 12.4 Å². The summed E-state index contributed by atoms with van der Waals surface area (Å²) in [5.41, 5.74) is -2.85. The molecule has 0 radical (unpaired) electrons. The van der Waals surface area contributed by atoms with E-state index in [2.05, 4.69) is 5.32 Å². The van der Waals surface area contributed by atoms with Gasteiger partial charge in [0, 0.05) is 12.6 Å². The number of hydrogen-bond acceptors (Lipinski definition) is 2. The summed E-state index contributed by atoms with van der Waals surface area (Å²) in [5.74, 6) is 0. The molecule has 1 aromatic rings. The lowest BCUT2D eigenvalue weighted by atomic mass is 9.97. The molecule has 0 fully saturated rings. The molecule has 8 heteroatoms. The van der Waals surface area contributed by atoms with E-state index >= 15 is 0 Å². The van der Waals surface area contributed by atoms with Crippen molar-refractivity contribution in [2.75, 3.05) is 13.2 Å². The Bertz CT molecular complexity index is 430. The first-order valence-corrected chi connectivity index (χ1v) is 6.23. The average molecular weight is 315 g/mol. The van der Waals surface area contributed by atoms with Crippen molar-refractivity contribution in [1.29, 1.82) is 0 Å². The van der Waals surface area contributed by atoms with Crippen molar-refractivity contribution < 1.29 is 31.4 Å². The predicted molar refractivity (Wildman–Crippen MR) is 64.6 cm³/mol. The van der Waals surface area contributed by atoms with Crippen LogP contribution in [0.2, 0.25) is 0 Å². The first kappa shape index (κ1) is 17.8. The van der Waals surface area contributed by atoms with Gasteiger partial charge in [-0.25, -0.2) is 0 Å². The van der Waals surface area contributed by atoms with Crippen molar-refractivity contribution in [2.45, 2.75) is 31.7 Å². The number of alkyl halides is 6. The smallest absolute Gasteiger partial charge is 0.396 e. The third-order valence-electron chi connectivity index (χ3n) is 2.88. The van der Waals surface area contributed by atoms with E-state index in [1.165, 1.54) is 0 Å². The molecule has 0 amide bonds. The first-order valence-electron chi connectivity index (χ1n) is 6.23. The fourth-order valence-corrected chi connectivity index (χ4v) is 1.94. The van der Waals surface area contributed by atoms with Crippen LogP contribution < -0.4 is 5.32 Å². The minimum absolute atomic E-state index is 0.0203. The SMILES string of the molecule is CCNC(CCO)c1cc(C(F)(F)F)cc(C(F)(F)F)c1.